The van der Waals surface area contributed by atoms with Crippen LogP contribution in [0.15, 0.2) is 24.3 Å². The van der Waals surface area contributed by atoms with Gasteiger partial charge in [0.1, 0.15) is 19.8 Å². The van der Waals surface area contributed by atoms with Crippen LogP contribution in [0.1, 0.15) is 20.7 Å². The molecule has 1 unspecified atom stereocenters. The number of ether oxygens (including phenoxy) is 3. The number of hydrogen-bond donors (Lipinski definition) is 0. The minimum atomic E-state index is -1.71. The molecule has 0 fully saturated rings. The molecule has 0 saturated heterocycles. The predicted octanol–water partition coefficient (Wildman–Crippen LogP) is 2.04. The van der Waals surface area contributed by atoms with E-state index in [1.54, 1.807) is 0 Å². The number of hydrogen-bond acceptors (Lipinski definition) is 7. The Morgan fingerprint density at radius 2 is 1.36 bits per heavy atom. The Labute approximate surface area is 129 Å². The SMILES string of the molecule is COCCOC(=O)c1ccc(C(=O)OCCO[P+](C)=O)cc1. The Kier molecular flexibility index (Phi) is 8.28. The molecule has 0 bridgehead atoms. The first-order valence-electron chi connectivity index (χ1n) is 6.51. The van der Waals surface area contributed by atoms with Crippen molar-refractivity contribution < 1.29 is 32.9 Å². The summed E-state index contributed by atoms with van der Waals surface area (Å²) >= 11 is 0. The third-order valence-corrected chi connectivity index (χ3v) is 3.01. The maximum atomic E-state index is 11.7. The third kappa shape index (κ3) is 6.76. The lowest BCUT2D eigenvalue weighted by molar-refractivity contribution is 0.0386. The van der Waals surface area contributed by atoms with Crippen molar-refractivity contribution in [3.8, 4) is 0 Å². The van der Waals surface area contributed by atoms with Crippen LogP contribution >= 0.6 is 8.03 Å². The molecule has 0 aromatic heterocycles. The van der Waals surface area contributed by atoms with Crippen LogP contribution in [0.25, 0.3) is 0 Å². The highest BCUT2D eigenvalue weighted by Crippen LogP contribution is 2.14. The highest BCUT2D eigenvalue weighted by Gasteiger charge is 2.12. The summed E-state index contributed by atoms with van der Waals surface area (Å²) < 4.78 is 30.1. The summed E-state index contributed by atoms with van der Waals surface area (Å²) in [5.74, 6) is -1.04. The van der Waals surface area contributed by atoms with E-state index >= 15 is 0 Å². The standard InChI is InChI=1S/C14H18O7P/c1-18-7-8-19-13(15)11-3-5-12(6-4-11)14(16)20-9-10-21-22(2)17/h3-6H,7-10H2,1-2H3/q+1. The van der Waals surface area contributed by atoms with E-state index in [1.807, 2.05) is 0 Å². The van der Waals surface area contributed by atoms with Gasteiger partial charge in [0, 0.05) is 7.11 Å². The topological polar surface area (TPSA) is 88.1 Å². The highest BCUT2D eigenvalue weighted by atomic mass is 31.1. The molecular formula is C14H18O7P+. The van der Waals surface area contributed by atoms with Crippen LogP contribution in [0.5, 0.6) is 0 Å². The lowest BCUT2D eigenvalue weighted by Crippen LogP contribution is -2.11. The summed E-state index contributed by atoms with van der Waals surface area (Å²) in [4.78, 5) is 23.3. The van der Waals surface area contributed by atoms with Gasteiger partial charge in [-0.05, 0) is 28.8 Å². The van der Waals surface area contributed by atoms with E-state index in [1.165, 1.54) is 38.0 Å². The van der Waals surface area contributed by atoms with Gasteiger partial charge in [0.25, 0.3) is 0 Å². The molecule has 7 nitrogen and oxygen atoms in total. The zero-order chi connectivity index (χ0) is 16.4. The largest absolute Gasteiger partial charge is 0.504 e. The fourth-order valence-electron chi connectivity index (χ4n) is 1.43. The van der Waals surface area contributed by atoms with Crippen LogP contribution in [-0.4, -0.2) is 52.1 Å². The molecule has 0 aliphatic rings. The van der Waals surface area contributed by atoms with E-state index in [4.69, 9.17) is 18.7 Å². The minimum Gasteiger partial charge on any atom is -0.460 e. The van der Waals surface area contributed by atoms with Gasteiger partial charge in [-0.3, -0.25) is 0 Å². The van der Waals surface area contributed by atoms with Crippen LogP contribution in [0.2, 0.25) is 0 Å². The molecule has 1 rings (SSSR count). The van der Waals surface area contributed by atoms with Crippen LogP contribution in [0.3, 0.4) is 0 Å². The predicted molar refractivity (Wildman–Crippen MR) is 78.4 cm³/mol. The molecule has 120 valence electrons. The second-order valence-corrected chi connectivity index (χ2v) is 5.25. The third-order valence-electron chi connectivity index (χ3n) is 2.47. The monoisotopic (exact) mass is 329 g/mol. The number of carbonyl (C=O) groups is 2. The van der Waals surface area contributed by atoms with Gasteiger partial charge in [0.15, 0.2) is 6.66 Å². The molecule has 0 radical (unpaired) electrons. The van der Waals surface area contributed by atoms with Crippen molar-refractivity contribution in [1.29, 1.82) is 0 Å². The summed E-state index contributed by atoms with van der Waals surface area (Å²) in [6.07, 6.45) is 0. The molecule has 0 spiro atoms. The molecule has 1 aromatic carbocycles. The van der Waals surface area contributed by atoms with Crippen molar-refractivity contribution in [3.05, 3.63) is 35.4 Å². The molecule has 0 N–H and O–H groups in total. The Bertz CT molecular complexity index is 512. The summed E-state index contributed by atoms with van der Waals surface area (Å²) in [5, 5.41) is 0. The van der Waals surface area contributed by atoms with Crippen molar-refractivity contribution in [3.63, 3.8) is 0 Å². The zero-order valence-corrected chi connectivity index (χ0v) is 13.3. The number of methoxy groups -OCH3 is 1. The van der Waals surface area contributed by atoms with Crippen molar-refractivity contribution >= 4 is 20.0 Å². The number of carbonyl (C=O) groups excluding carboxylic acids is 2. The maximum Gasteiger partial charge on any atom is 0.504 e. The van der Waals surface area contributed by atoms with Gasteiger partial charge >= 0.3 is 20.0 Å². The van der Waals surface area contributed by atoms with Gasteiger partial charge in [0.05, 0.1) is 17.7 Å². The Morgan fingerprint density at radius 1 is 0.909 bits per heavy atom. The first-order valence-corrected chi connectivity index (χ1v) is 8.14. The van der Waals surface area contributed by atoms with Crippen LogP contribution in [-0.2, 0) is 23.3 Å². The van der Waals surface area contributed by atoms with Crippen molar-refractivity contribution in [2.75, 3.05) is 40.2 Å². The molecular weight excluding hydrogens is 311 g/mol. The second kappa shape index (κ2) is 10.00. The molecule has 0 amide bonds. The Hall–Kier alpha value is -1.82. The van der Waals surface area contributed by atoms with Gasteiger partial charge in [0.2, 0.25) is 0 Å². The van der Waals surface area contributed by atoms with Crippen molar-refractivity contribution in [2.24, 2.45) is 0 Å². The molecule has 8 heteroatoms. The molecule has 0 aliphatic carbocycles. The Balaban J connectivity index is 2.44. The van der Waals surface area contributed by atoms with Crippen LogP contribution < -0.4 is 0 Å². The second-order valence-electron chi connectivity index (χ2n) is 4.11. The molecule has 22 heavy (non-hydrogen) atoms. The highest BCUT2D eigenvalue weighted by molar-refractivity contribution is 7.38. The van der Waals surface area contributed by atoms with E-state index in [2.05, 4.69) is 0 Å². The number of benzene rings is 1. The van der Waals surface area contributed by atoms with E-state index in [9.17, 15) is 14.2 Å². The lowest BCUT2D eigenvalue weighted by Gasteiger charge is -2.05. The van der Waals surface area contributed by atoms with Gasteiger partial charge < -0.3 is 14.2 Å². The fourth-order valence-corrected chi connectivity index (χ4v) is 1.76. The molecule has 0 heterocycles. The molecule has 0 aliphatic heterocycles. The fraction of sp³-hybridized carbons (Fsp3) is 0.429. The van der Waals surface area contributed by atoms with Gasteiger partial charge in [-0.15, -0.1) is 4.52 Å². The quantitative estimate of drug-likeness (QED) is 0.389. The van der Waals surface area contributed by atoms with E-state index in [-0.39, 0.29) is 19.8 Å². The normalized spacial score (nSPS) is 10.9. The smallest absolute Gasteiger partial charge is 0.460 e. The van der Waals surface area contributed by atoms with Crippen molar-refractivity contribution in [2.45, 2.75) is 0 Å². The average molecular weight is 329 g/mol. The number of esters is 2. The summed E-state index contributed by atoms with van der Waals surface area (Å²) in [5.41, 5.74) is 0.633. The first kappa shape index (κ1) is 18.2. The summed E-state index contributed by atoms with van der Waals surface area (Å²) in [7, 11) is -0.194. The van der Waals surface area contributed by atoms with Gasteiger partial charge in [-0.25, -0.2) is 9.59 Å². The van der Waals surface area contributed by atoms with Crippen LogP contribution in [0.4, 0.5) is 0 Å². The molecule has 0 saturated carbocycles. The Morgan fingerprint density at radius 3 is 1.77 bits per heavy atom. The first-order chi connectivity index (χ1) is 10.5. The molecule has 1 aromatic rings. The van der Waals surface area contributed by atoms with Gasteiger partial charge in [-0.1, -0.05) is 0 Å². The average Bonchev–Trinajstić information content (AvgIpc) is 2.51. The van der Waals surface area contributed by atoms with E-state index in [0.29, 0.717) is 17.7 Å². The number of rotatable bonds is 9. The van der Waals surface area contributed by atoms with E-state index < -0.39 is 20.0 Å². The minimum absolute atomic E-state index is 0.00849. The lowest BCUT2D eigenvalue weighted by atomic mass is 10.1. The summed E-state index contributed by atoms with van der Waals surface area (Å²) in [6.45, 7) is 1.98. The van der Waals surface area contributed by atoms with E-state index in [0.717, 1.165) is 0 Å². The molecule has 1 atom stereocenters. The van der Waals surface area contributed by atoms with Gasteiger partial charge in [-0.2, -0.15) is 0 Å². The summed E-state index contributed by atoms with van der Waals surface area (Å²) in [6, 6.07) is 5.89. The van der Waals surface area contributed by atoms with Crippen molar-refractivity contribution in [1.82, 2.24) is 0 Å². The van der Waals surface area contributed by atoms with Crippen LogP contribution in [0, 0.1) is 0 Å². The zero-order valence-electron chi connectivity index (χ0n) is 12.4. The maximum absolute atomic E-state index is 11.7.